The van der Waals surface area contributed by atoms with E-state index >= 15 is 0 Å². The first-order chi connectivity index (χ1) is 9.54. The summed E-state index contributed by atoms with van der Waals surface area (Å²) >= 11 is 3.32. The molecule has 1 unspecified atom stereocenters. The van der Waals surface area contributed by atoms with E-state index in [4.69, 9.17) is 9.84 Å². The van der Waals surface area contributed by atoms with Crippen LogP contribution >= 0.6 is 15.9 Å². The molecule has 1 heterocycles. The summed E-state index contributed by atoms with van der Waals surface area (Å²) < 4.78 is 6.26. The van der Waals surface area contributed by atoms with Gasteiger partial charge in [-0.1, -0.05) is 15.9 Å². The number of anilines is 1. The normalized spacial score (nSPS) is 18.6. The minimum atomic E-state index is -0.926. The van der Waals surface area contributed by atoms with Crippen molar-refractivity contribution in [1.82, 2.24) is 4.90 Å². The number of carbonyl (C=O) groups is 2. The Kier molecular flexibility index (Phi) is 4.97. The molecule has 2 amide bonds. The number of hydrogen-bond acceptors (Lipinski definition) is 3. The zero-order valence-corrected chi connectivity index (χ0v) is 12.3. The third-order valence-electron chi connectivity index (χ3n) is 2.92. The van der Waals surface area contributed by atoms with Gasteiger partial charge in [-0.25, -0.2) is 4.79 Å². The maximum atomic E-state index is 12.1. The number of carboxylic acid groups (broad SMARTS) is 1. The molecular weight excluding hydrogens is 328 g/mol. The number of ether oxygens (including phenoxy) is 1. The third kappa shape index (κ3) is 4.21. The van der Waals surface area contributed by atoms with Gasteiger partial charge in [-0.05, 0) is 24.3 Å². The summed E-state index contributed by atoms with van der Waals surface area (Å²) in [5.41, 5.74) is 0.694. The maximum Gasteiger partial charge on any atom is 0.322 e. The molecule has 0 aromatic heterocycles. The van der Waals surface area contributed by atoms with Gasteiger partial charge in [-0.2, -0.15) is 0 Å². The fraction of sp³-hybridized carbons (Fsp3) is 0.385. The van der Waals surface area contributed by atoms with Gasteiger partial charge < -0.3 is 20.1 Å². The molecule has 1 atom stereocenters. The van der Waals surface area contributed by atoms with Crippen LogP contribution in [0.4, 0.5) is 10.5 Å². The lowest BCUT2D eigenvalue weighted by molar-refractivity contribution is -0.141. The van der Waals surface area contributed by atoms with E-state index < -0.39 is 12.1 Å². The van der Waals surface area contributed by atoms with Crippen molar-refractivity contribution in [3.05, 3.63) is 28.7 Å². The quantitative estimate of drug-likeness (QED) is 0.882. The molecule has 1 aromatic rings. The number of benzene rings is 1. The van der Waals surface area contributed by atoms with Crippen LogP contribution < -0.4 is 5.32 Å². The van der Waals surface area contributed by atoms with Crippen molar-refractivity contribution in [2.45, 2.75) is 12.5 Å². The van der Waals surface area contributed by atoms with E-state index in [-0.39, 0.29) is 19.0 Å². The average molecular weight is 343 g/mol. The first-order valence-electron chi connectivity index (χ1n) is 6.19. The van der Waals surface area contributed by atoms with Crippen LogP contribution in [0.15, 0.2) is 28.7 Å². The van der Waals surface area contributed by atoms with E-state index in [1.807, 2.05) is 12.1 Å². The van der Waals surface area contributed by atoms with E-state index in [0.717, 1.165) is 4.47 Å². The number of rotatable bonds is 3. The fourth-order valence-corrected chi connectivity index (χ4v) is 2.22. The molecule has 2 rings (SSSR count). The topological polar surface area (TPSA) is 78.9 Å². The monoisotopic (exact) mass is 342 g/mol. The molecule has 0 radical (unpaired) electrons. The number of nitrogens with zero attached hydrogens (tertiary/aromatic N) is 1. The Hall–Kier alpha value is -1.60. The molecule has 0 spiro atoms. The van der Waals surface area contributed by atoms with Gasteiger partial charge in [0.1, 0.15) is 0 Å². The van der Waals surface area contributed by atoms with Crippen molar-refractivity contribution in [2.24, 2.45) is 0 Å². The van der Waals surface area contributed by atoms with Crippen LogP contribution in [-0.4, -0.2) is 47.8 Å². The Labute approximate surface area is 124 Å². The Morgan fingerprint density at radius 3 is 2.75 bits per heavy atom. The van der Waals surface area contributed by atoms with Crippen LogP contribution in [0.3, 0.4) is 0 Å². The fourth-order valence-electron chi connectivity index (χ4n) is 1.96. The lowest BCUT2D eigenvalue weighted by Crippen LogP contribution is -2.47. The van der Waals surface area contributed by atoms with Gasteiger partial charge in [0.2, 0.25) is 0 Å². The molecule has 20 heavy (non-hydrogen) atoms. The molecule has 7 heteroatoms. The molecular formula is C13H15BrN2O4. The van der Waals surface area contributed by atoms with E-state index in [9.17, 15) is 9.59 Å². The second-order valence-electron chi connectivity index (χ2n) is 4.47. The zero-order chi connectivity index (χ0) is 14.5. The summed E-state index contributed by atoms with van der Waals surface area (Å²) in [6, 6.07) is 7.00. The Balaban J connectivity index is 1.91. The van der Waals surface area contributed by atoms with Gasteiger partial charge in [0, 0.05) is 23.2 Å². The number of urea groups is 1. The smallest absolute Gasteiger partial charge is 0.322 e. The van der Waals surface area contributed by atoms with Crippen LogP contribution in [0.1, 0.15) is 6.42 Å². The van der Waals surface area contributed by atoms with E-state index in [0.29, 0.717) is 18.8 Å². The second kappa shape index (κ2) is 6.71. The number of morpholine rings is 1. The molecule has 6 nitrogen and oxygen atoms in total. The van der Waals surface area contributed by atoms with Crippen LogP contribution in [0, 0.1) is 0 Å². The summed E-state index contributed by atoms with van der Waals surface area (Å²) in [5, 5.41) is 11.5. The van der Waals surface area contributed by atoms with Crippen molar-refractivity contribution >= 4 is 33.6 Å². The van der Waals surface area contributed by atoms with Crippen LogP contribution in [0.25, 0.3) is 0 Å². The second-order valence-corrected chi connectivity index (χ2v) is 5.39. The highest BCUT2D eigenvalue weighted by atomic mass is 79.9. The summed E-state index contributed by atoms with van der Waals surface area (Å²) in [6.07, 6.45) is -0.542. The zero-order valence-electron chi connectivity index (χ0n) is 10.7. The SMILES string of the molecule is O=C(O)CC1CN(C(=O)Nc2ccc(Br)cc2)CCO1. The highest BCUT2D eigenvalue weighted by Crippen LogP contribution is 2.16. The Bertz CT molecular complexity index is 492. The molecule has 2 N–H and O–H groups in total. The van der Waals surface area contributed by atoms with Crippen molar-refractivity contribution in [3.8, 4) is 0 Å². The van der Waals surface area contributed by atoms with Gasteiger partial charge in [0.05, 0.1) is 19.1 Å². The standard InChI is InChI=1S/C13H15BrN2O4/c14-9-1-3-10(4-2-9)15-13(19)16-5-6-20-11(8-16)7-12(17)18/h1-4,11H,5-8H2,(H,15,19)(H,17,18). The minimum absolute atomic E-state index is 0.0952. The molecule has 1 saturated heterocycles. The average Bonchev–Trinajstić information content (AvgIpc) is 2.41. The lowest BCUT2D eigenvalue weighted by atomic mass is 10.2. The number of carbonyl (C=O) groups excluding carboxylic acids is 1. The summed E-state index contributed by atoms with van der Waals surface area (Å²) in [6.45, 7) is 1.10. The number of hydrogen-bond donors (Lipinski definition) is 2. The van der Waals surface area contributed by atoms with Crippen molar-refractivity contribution in [1.29, 1.82) is 0 Å². The number of carboxylic acids is 1. The molecule has 0 bridgehead atoms. The van der Waals surface area contributed by atoms with Gasteiger partial charge in [0.25, 0.3) is 0 Å². The predicted octanol–water partition coefficient (Wildman–Crippen LogP) is 2.16. The molecule has 0 saturated carbocycles. The van der Waals surface area contributed by atoms with Crippen LogP contribution in [0.2, 0.25) is 0 Å². The molecule has 1 aliphatic rings. The summed E-state index contributed by atoms with van der Waals surface area (Å²) in [4.78, 5) is 24.3. The van der Waals surface area contributed by atoms with Gasteiger partial charge >= 0.3 is 12.0 Å². The first kappa shape index (κ1) is 14.8. The van der Waals surface area contributed by atoms with E-state index in [1.54, 1.807) is 17.0 Å². The van der Waals surface area contributed by atoms with Crippen molar-refractivity contribution < 1.29 is 19.4 Å². The van der Waals surface area contributed by atoms with Crippen molar-refractivity contribution in [3.63, 3.8) is 0 Å². The Morgan fingerprint density at radius 2 is 2.10 bits per heavy atom. The molecule has 1 aromatic carbocycles. The summed E-state index contributed by atoms with van der Waals surface area (Å²) in [7, 11) is 0. The largest absolute Gasteiger partial charge is 0.481 e. The van der Waals surface area contributed by atoms with E-state index in [1.165, 1.54) is 0 Å². The van der Waals surface area contributed by atoms with Gasteiger partial charge in [-0.3, -0.25) is 4.79 Å². The Morgan fingerprint density at radius 1 is 1.40 bits per heavy atom. The highest BCUT2D eigenvalue weighted by Gasteiger charge is 2.25. The minimum Gasteiger partial charge on any atom is -0.481 e. The first-order valence-corrected chi connectivity index (χ1v) is 6.99. The van der Waals surface area contributed by atoms with Crippen molar-refractivity contribution in [2.75, 3.05) is 25.0 Å². The number of nitrogens with one attached hydrogen (secondary N) is 1. The summed E-state index contributed by atoms with van der Waals surface area (Å²) in [5.74, 6) is -0.926. The van der Waals surface area contributed by atoms with Gasteiger partial charge in [0.15, 0.2) is 0 Å². The van der Waals surface area contributed by atoms with Crippen LogP contribution in [-0.2, 0) is 9.53 Å². The van der Waals surface area contributed by atoms with Gasteiger partial charge in [-0.15, -0.1) is 0 Å². The number of halogens is 1. The molecule has 1 aliphatic heterocycles. The highest BCUT2D eigenvalue weighted by molar-refractivity contribution is 9.10. The number of amides is 2. The molecule has 1 fully saturated rings. The third-order valence-corrected chi connectivity index (χ3v) is 3.45. The van der Waals surface area contributed by atoms with E-state index in [2.05, 4.69) is 21.2 Å². The predicted molar refractivity (Wildman–Crippen MR) is 76.7 cm³/mol. The molecule has 108 valence electrons. The molecule has 0 aliphatic carbocycles. The maximum absolute atomic E-state index is 12.1. The lowest BCUT2D eigenvalue weighted by Gasteiger charge is -2.32. The van der Waals surface area contributed by atoms with Crippen LogP contribution in [0.5, 0.6) is 0 Å². The number of aliphatic carboxylic acids is 1.